The number of hydrazone groups is 3. The van der Waals surface area contributed by atoms with Crippen LogP contribution in [0, 0.1) is 0 Å². The molecule has 0 saturated carbocycles. The second-order valence-corrected chi connectivity index (χ2v) is 34.8. The van der Waals surface area contributed by atoms with Gasteiger partial charge < -0.3 is 48.7 Å². The Morgan fingerprint density at radius 2 is 0.532 bits per heavy atom. The smallest absolute Gasteiger partial charge is 0.250 e. The highest BCUT2D eigenvalue weighted by Gasteiger charge is 2.27. The quantitative estimate of drug-likeness (QED) is 0.00884. The predicted octanol–water partition coefficient (Wildman–Crippen LogP) is 13.3. The van der Waals surface area contributed by atoms with Gasteiger partial charge in [0.15, 0.2) is 5.96 Å². The van der Waals surface area contributed by atoms with Crippen LogP contribution >= 0.6 is 64.8 Å². The molecule has 0 unspecified atom stereocenters. The Morgan fingerprint density at radius 3 is 0.807 bits per heavy atom. The van der Waals surface area contributed by atoms with Gasteiger partial charge in [-0.3, -0.25) is 47.9 Å². The molecule has 0 aromatic heterocycles. The highest BCUT2D eigenvalue weighted by molar-refractivity contribution is 8.77. The molecule has 0 saturated heterocycles. The average molecular weight is 1650 g/mol. The lowest BCUT2D eigenvalue weighted by Crippen LogP contribution is -2.51. The first kappa shape index (κ1) is 104. The molecule has 0 aliphatic rings. The molecule has 0 fully saturated rings. The van der Waals surface area contributed by atoms with E-state index in [1.807, 2.05) is 0 Å². The van der Waals surface area contributed by atoms with Crippen LogP contribution in [0.1, 0.15) is 316 Å². The maximum Gasteiger partial charge on any atom is 0.250 e. The third-order valence-corrected chi connectivity index (χ3v) is 23.8. The molecule has 0 heterocycles. The molecule has 26 nitrogen and oxygen atoms in total. The van der Waals surface area contributed by atoms with Crippen LogP contribution in [0.2, 0.25) is 0 Å². The van der Waals surface area contributed by atoms with Gasteiger partial charge in [-0.15, -0.1) is 0 Å². The fourth-order valence-corrected chi connectivity index (χ4v) is 16.2. The van der Waals surface area contributed by atoms with Crippen molar-refractivity contribution in [1.82, 2.24) is 53.5 Å². The van der Waals surface area contributed by atoms with Gasteiger partial charge in [0, 0.05) is 70.8 Å². The van der Waals surface area contributed by atoms with E-state index in [0.29, 0.717) is 0 Å². The van der Waals surface area contributed by atoms with Gasteiger partial charge >= 0.3 is 0 Å². The van der Waals surface area contributed by atoms with E-state index < -0.39 is 41.7 Å². The molecule has 0 spiro atoms. The van der Waals surface area contributed by atoms with Crippen molar-refractivity contribution < 1.29 is 47.9 Å². The third-order valence-electron chi connectivity index (χ3n) is 17.4. The van der Waals surface area contributed by atoms with E-state index in [1.54, 1.807) is 18.6 Å². The van der Waals surface area contributed by atoms with Crippen molar-refractivity contribution in [2.75, 3.05) is 73.8 Å². The van der Waals surface area contributed by atoms with Crippen LogP contribution in [-0.2, 0) is 47.9 Å². The molecule has 0 rings (SSSR count). The predicted molar refractivity (Wildman–Crippen MR) is 464 cm³/mol. The number of hydrogen-bond acceptors (Lipinski definition) is 20. The van der Waals surface area contributed by atoms with Gasteiger partial charge in [-0.2, -0.15) is 15.3 Å². The molecule has 0 aliphatic heterocycles. The molecule has 628 valence electrons. The molecule has 0 radical (unpaired) electrons. The first-order chi connectivity index (χ1) is 53.1. The normalized spacial score (nSPS) is 11.8. The van der Waals surface area contributed by atoms with Crippen LogP contribution < -0.4 is 65.0 Å². The van der Waals surface area contributed by atoms with Gasteiger partial charge in [-0.1, -0.05) is 317 Å². The van der Waals surface area contributed by atoms with Crippen molar-refractivity contribution in [3.63, 3.8) is 0 Å². The number of unbranched alkanes of at least 4 members (excludes halogenated alkanes) is 39. The molecule has 14 N–H and O–H groups in total. The summed E-state index contributed by atoms with van der Waals surface area (Å²) in [5.74, 6) is -4.22. The summed E-state index contributed by atoms with van der Waals surface area (Å²) in [4.78, 5) is 132. The topological polar surface area (TPSA) is 392 Å². The number of guanidine groups is 1. The van der Waals surface area contributed by atoms with Gasteiger partial charge in [-0.05, 0) is 51.4 Å². The van der Waals surface area contributed by atoms with E-state index in [-0.39, 0.29) is 135 Å². The first-order valence-electron chi connectivity index (χ1n) is 41.3. The molecular weight excluding hydrogens is 1500 g/mol. The molecule has 0 aromatic rings. The molecule has 109 heavy (non-hydrogen) atoms. The molecule has 32 heteroatoms. The van der Waals surface area contributed by atoms with Gasteiger partial charge in [0.05, 0.1) is 34.5 Å². The summed E-state index contributed by atoms with van der Waals surface area (Å²) in [6, 6.07) is -2.64. The molecular formula is C77H144N16O10S6. The fourth-order valence-electron chi connectivity index (χ4n) is 11.1. The van der Waals surface area contributed by atoms with E-state index in [9.17, 15) is 47.9 Å². The summed E-state index contributed by atoms with van der Waals surface area (Å²) >= 11 is 0. The maximum atomic E-state index is 13.8. The average Bonchev–Trinajstić information content (AvgIpc) is 0.889. The van der Waals surface area contributed by atoms with Crippen LogP contribution in [0.15, 0.2) is 20.3 Å². The fraction of sp³-hybridized carbons (Fsp3) is 0.818. The first-order valence-corrected chi connectivity index (χ1v) is 48.7. The summed E-state index contributed by atoms with van der Waals surface area (Å²) in [5, 5.41) is 30.9. The minimum absolute atomic E-state index is 0.0157. The third kappa shape index (κ3) is 76.8. The Labute approximate surface area is 679 Å². The summed E-state index contributed by atoms with van der Waals surface area (Å²) in [7, 11) is 7.24. The number of aliphatic imine (C=N–C) groups is 1. The Kier molecular flexibility index (Phi) is 77.4. The lowest BCUT2D eigenvalue weighted by Gasteiger charge is -2.21. The maximum absolute atomic E-state index is 13.8. The van der Waals surface area contributed by atoms with Crippen molar-refractivity contribution in [1.29, 1.82) is 0 Å². The summed E-state index contributed by atoms with van der Waals surface area (Å²) in [6.45, 7) is 7.03. The lowest BCUT2D eigenvalue weighted by molar-refractivity contribution is -0.130. The standard InChI is InChI=1S/C77H144N16O10S6/c1-4-7-10-13-16-19-22-25-28-31-34-37-40-43-50-86-91-72(99)62-107-104-59-69(96)82-55-53-80-67(94)48-46-65(75(102)85-58-57-84-71(98)61-106-109-64-74(101)93-88-52-45-42-39-36-33-30-27-24-21-18-15-12-9-6-3)89-76(103)66(90-77(78)79)47-49-68(95)81-54-56-83-70(97)60-105-108-63-73(100)92-87-51-44-41-38-35-32-29-26-23-20-17-14-11-8-5-2/h50-52,65-66H,4-49,53-64H2,1-3H3,(H,80,94)(H,81,95)(H,82,96)(H,83,97)(H,84,98)(H,85,102)(H,89,103)(H,91,99)(H,92,100)(H,93,101)(H4,78,79,90)/b86-50-,87-51-,88-52-/t65-,66-/m0/s1. The zero-order valence-corrected chi connectivity index (χ0v) is 71.8. The highest BCUT2D eigenvalue weighted by Crippen LogP contribution is 2.23. The minimum atomic E-state index is -1.33. The highest BCUT2D eigenvalue weighted by atomic mass is 33.1. The molecule has 2 atom stereocenters. The molecule has 0 aromatic carbocycles. The van der Waals surface area contributed by atoms with Crippen molar-refractivity contribution in [3.05, 3.63) is 0 Å². The van der Waals surface area contributed by atoms with Crippen molar-refractivity contribution in [3.8, 4) is 0 Å². The SMILES string of the molecule is CCCCCCCCCCCCCCC/C=N\NC(=O)CSSCC(=O)NCCNC(=O)CC[C@H](N=C(N)N)C(=O)N[C@@H](CCC(=O)NCCNC(=O)CSSCC(=O)N/N=C\CCCCCCCCCCCCCCC)C(=O)NCCNC(=O)CSSCC(=O)N/N=C\CCCCCCCCCCCCCCC. The molecule has 0 aliphatic carbocycles. The van der Waals surface area contributed by atoms with Gasteiger partial charge in [0.2, 0.25) is 41.4 Å². The Balaban J connectivity index is 5.01. The van der Waals surface area contributed by atoms with E-state index in [0.717, 1.165) is 57.8 Å². The Hall–Kier alpha value is -4.92. The van der Waals surface area contributed by atoms with Crippen LogP contribution in [0.25, 0.3) is 0 Å². The number of carbonyl (C=O) groups is 10. The van der Waals surface area contributed by atoms with Crippen LogP contribution in [-0.4, -0.2) is 170 Å². The lowest BCUT2D eigenvalue weighted by atomic mass is 10.0. The van der Waals surface area contributed by atoms with Crippen molar-refractivity contribution in [2.24, 2.45) is 31.8 Å². The second kappa shape index (κ2) is 81.1. The van der Waals surface area contributed by atoms with Crippen molar-refractivity contribution in [2.45, 2.75) is 328 Å². The Bertz CT molecular complexity index is 2480. The molecule has 0 bridgehead atoms. The van der Waals surface area contributed by atoms with Gasteiger partial charge in [0.25, 0.3) is 17.7 Å². The summed E-state index contributed by atoms with van der Waals surface area (Å²) < 4.78 is 0. The van der Waals surface area contributed by atoms with Gasteiger partial charge in [-0.25, -0.2) is 21.3 Å². The minimum Gasteiger partial charge on any atom is -0.370 e. The number of carbonyl (C=O) groups excluding carboxylic acids is 10. The van der Waals surface area contributed by atoms with Crippen LogP contribution in [0.3, 0.4) is 0 Å². The monoisotopic (exact) mass is 1640 g/mol. The van der Waals surface area contributed by atoms with Crippen molar-refractivity contribution >= 4 is 148 Å². The second-order valence-electron chi connectivity index (χ2n) is 27.5. The number of hydrogen-bond donors (Lipinski definition) is 12. The van der Waals surface area contributed by atoms with Crippen LogP contribution in [0.4, 0.5) is 0 Å². The van der Waals surface area contributed by atoms with E-state index in [1.165, 1.54) is 277 Å². The zero-order chi connectivity index (χ0) is 79.8. The van der Waals surface area contributed by atoms with E-state index >= 15 is 0 Å². The van der Waals surface area contributed by atoms with E-state index in [4.69, 9.17) is 11.5 Å². The number of nitrogens with one attached hydrogen (secondary N) is 10. The van der Waals surface area contributed by atoms with E-state index in [2.05, 4.69) is 94.6 Å². The number of rotatable bonds is 79. The number of nitrogens with two attached hydrogens (primary N) is 2. The molecule has 10 amide bonds. The number of nitrogens with zero attached hydrogens (tertiary/aromatic N) is 4. The van der Waals surface area contributed by atoms with Gasteiger partial charge in [0.1, 0.15) is 12.1 Å². The summed E-state index contributed by atoms with van der Waals surface area (Å²) in [5.41, 5.74) is 19.0. The largest absolute Gasteiger partial charge is 0.370 e. The summed E-state index contributed by atoms with van der Waals surface area (Å²) in [6.07, 6.45) is 56.7. The number of amides is 10. The Morgan fingerprint density at radius 1 is 0.294 bits per heavy atom. The zero-order valence-electron chi connectivity index (χ0n) is 66.9. The van der Waals surface area contributed by atoms with Crippen LogP contribution in [0.5, 0.6) is 0 Å².